The number of methoxy groups -OCH3 is 1. The van der Waals surface area contributed by atoms with Crippen LogP contribution in [-0.4, -0.2) is 34.4 Å². The van der Waals surface area contributed by atoms with Crippen LogP contribution >= 0.6 is 0 Å². The smallest absolute Gasteiger partial charge is 0.273 e. The molecule has 0 saturated carbocycles. The fourth-order valence-corrected chi connectivity index (χ4v) is 3.62. The average Bonchev–Trinajstić information content (AvgIpc) is 3.37. The number of benzene rings is 1. The van der Waals surface area contributed by atoms with E-state index in [1.54, 1.807) is 19.4 Å². The molecule has 0 spiro atoms. The first-order valence-electron chi connectivity index (χ1n) is 9.46. The molecule has 1 fully saturated rings. The number of hydrogen-bond donors (Lipinski definition) is 0. The number of aryl methyl sites for hydroxylation is 1. The molecule has 144 valence electrons. The second-order valence-electron chi connectivity index (χ2n) is 7.01. The van der Waals surface area contributed by atoms with Gasteiger partial charge in [0.05, 0.1) is 13.3 Å². The lowest BCUT2D eigenvalue weighted by Gasteiger charge is -2.22. The quantitative estimate of drug-likeness (QED) is 0.673. The van der Waals surface area contributed by atoms with Crippen LogP contribution in [0.15, 0.2) is 53.1 Å². The molecule has 1 aliphatic heterocycles. The highest BCUT2D eigenvalue weighted by Crippen LogP contribution is 2.33. The summed E-state index contributed by atoms with van der Waals surface area (Å²) >= 11 is 0. The number of aromatic nitrogens is 2. The molecule has 6 nitrogen and oxygen atoms in total. The maximum absolute atomic E-state index is 12.9. The number of likely N-dealkylation sites (tertiary alicyclic amines) is 1. The van der Waals surface area contributed by atoms with Gasteiger partial charge in [0.2, 0.25) is 5.89 Å². The van der Waals surface area contributed by atoms with E-state index in [9.17, 15) is 4.79 Å². The Bertz CT molecular complexity index is 982. The van der Waals surface area contributed by atoms with Gasteiger partial charge in [-0.25, -0.2) is 9.97 Å². The lowest BCUT2D eigenvalue weighted by Crippen LogP contribution is -2.31. The molecule has 6 heteroatoms. The van der Waals surface area contributed by atoms with Crippen molar-refractivity contribution in [3.8, 4) is 5.75 Å². The van der Waals surface area contributed by atoms with Gasteiger partial charge in [-0.05, 0) is 49.6 Å². The Labute approximate surface area is 164 Å². The van der Waals surface area contributed by atoms with E-state index in [-0.39, 0.29) is 11.9 Å². The second-order valence-corrected chi connectivity index (χ2v) is 7.01. The normalized spacial score (nSPS) is 16.4. The molecule has 0 aliphatic carbocycles. The lowest BCUT2D eigenvalue weighted by atomic mass is 10.1. The number of pyridine rings is 1. The third-order valence-corrected chi connectivity index (χ3v) is 4.99. The van der Waals surface area contributed by atoms with Crippen molar-refractivity contribution in [1.82, 2.24) is 14.9 Å². The number of ether oxygens (including phenoxy) is 1. The highest BCUT2D eigenvalue weighted by Gasteiger charge is 2.34. The summed E-state index contributed by atoms with van der Waals surface area (Å²) in [6.45, 7) is 2.57. The first-order valence-corrected chi connectivity index (χ1v) is 9.46. The number of rotatable bonds is 5. The first kappa shape index (κ1) is 18.2. The zero-order valence-electron chi connectivity index (χ0n) is 16.1. The monoisotopic (exact) mass is 377 g/mol. The molecule has 0 N–H and O–H groups in total. The van der Waals surface area contributed by atoms with E-state index in [4.69, 9.17) is 9.15 Å². The molecular weight excluding hydrogens is 354 g/mol. The van der Waals surface area contributed by atoms with Crippen molar-refractivity contribution in [2.24, 2.45) is 0 Å². The Morgan fingerprint density at radius 3 is 2.96 bits per heavy atom. The van der Waals surface area contributed by atoms with E-state index < -0.39 is 0 Å². The predicted octanol–water partition coefficient (Wildman–Crippen LogP) is 3.95. The third kappa shape index (κ3) is 3.76. The first-order chi connectivity index (χ1) is 13.6. The minimum atomic E-state index is -0.145. The van der Waals surface area contributed by atoms with Crippen LogP contribution in [0, 0.1) is 6.92 Å². The van der Waals surface area contributed by atoms with Crippen molar-refractivity contribution in [2.75, 3.05) is 13.7 Å². The number of hydrogen-bond acceptors (Lipinski definition) is 5. The van der Waals surface area contributed by atoms with E-state index in [1.165, 1.54) is 0 Å². The summed E-state index contributed by atoms with van der Waals surface area (Å²) in [4.78, 5) is 23.6. The van der Waals surface area contributed by atoms with Gasteiger partial charge >= 0.3 is 0 Å². The molecule has 28 heavy (non-hydrogen) atoms. The molecular formula is C22H23N3O3. The summed E-state index contributed by atoms with van der Waals surface area (Å²) in [7, 11) is 1.65. The van der Waals surface area contributed by atoms with Gasteiger partial charge in [0.15, 0.2) is 0 Å². The molecule has 1 aromatic carbocycles. The van der Waals surface area contributed by atoms with E-state index in [0.29, 0.717) is 24.6 Å². The van der Waals surface area contributed by atoms with Crippen LogP contribution in [0.3, 0.4) is 0 Å². The van der Waals surface area contributed by atoms with Gasteiger partial charge in [-0.1, -0.05) is 18.2 Å². The summed E-state index contributed by atoms with van der Waals surface area (Å²) < 4.78 is 11.3. The molecule has 0 unspecified atom stereocenters. The summed E-state index contributed by atoms with van der Waals surface area (Å²) in [6.07, 6.45) is 4.15. The van der Waals surface area contributed by atoms with Crippen LogP contribution in [-0.2, 0) is 6.42 Å². The number of oxazole rings is 1. The predicted molar refractivity (Wildman–Crippen MR) is 104 cm³/mol. The number of amides is 1. The maximum atomic E-state index is 12.9. The maximum Gasteiger partial charge on any atom is 0.273 e. The molecule has 0 radical (unpaired) electrons. The van der Waals surface area contributed by atoms with Gasteiger partial charge in [0.1, 0.15) is 23.2 Å². The van der Waals surface area contributed by atoms with Crippen LogP contribution in [0.25, 0.3) is 0 Å². The van der Waals surface area contributed by atoms with Crippen LogP contribution < -0.4 is 4.74 Å². The van der Waals surface area contributed by atoms with Gasteiger partial charge in [0.25, 0.3) is 5.91 Å². The molecule has 1 atom stereocenters. The highest BCUT2D eigenvalue weighted by molar-refractivity contribution is 5.92. The van der Waals surface area contributed by atoms with Gasteiger partial charge < -0.3 is 14.1 Å². The van der Waals surface area contributed by atoms with Crippen molar-refractivity contribution in [3.63, 3.8) is 0 Å². The van der Waals surface area contributed by atoms with Gasteiger partial charge in [-0.3, -0.25) is 4.79 Å². The molecule has 1 amide bonds. The summed E-state index contributed by atoms with van der Waals surface area (Å²) in [6, 6.07) is 13.2. The summed E-state index contributed by atoms with van der Waals surface area (Å²) in [5.74, 6) is 2.11. The Morgan fingerprint density at radius 1 is 1.29 bits per heavy atom. The van der Waals surface area contributed by atoms with Crippen molar-refractivity contribution < 1.29 is 13.9 Å². The second kappa shape index (κ2) is 7.84. The molecule has 4 rings (SSSR count). The zero-order chi connectivity index (χ0) is 19.5. The van der Waals surface area contributed by atoms with Crippen LogP contribution in [0.4, 0.5) is 0 Å². The molecule has 0 bridgehead atoms. The van der Waals surface area contributed by atoms with Crippen molar-refractivity contribution in [2.45, 2.75) is 32.2 Å². The SMILES string of the molecule is COc1cccc(Cc2cnc([C@H]3CCCN3C(=O)c3cccc(C)n3)o2)c1. The molecule has 1 saturated heterocycles. The lowest BCUT2D eigenvalue weighted by molar-refractivity contribution is 0.0708. The van der Waals surface area contributed by atoms with Crippen molar-refractivity contribution >= 4 is 5.91 Å². The zero-order valence-corrected chi connectivity index (χ0v) is 16.1. The molecule has 2 aromatic heterocycles. The van der Waals surface area contributed by atoms with E-state index in [2.05, 4.69) is 9.97 Å². The fourth-order valence-electron chi connectivity index (χ4n) is 3.62. The van der Waals surface area contributed by atoms with Crippen LogP contribution in [0.1, 0.15) is 52.3 Å². The average molecular weight is 377 g/mol. The van der Waals surface area contributed by atoms with E-state index in [1.807, 2.05) is 48.2 Å². The molecule has 3 heterocycles. The summed E-state index contributed by atoms with van der Waals surface area (Å²) in [5.41, 5.74) is 2.39. The Balaban J connectivity index is 1.51. The van der Waals surface area contributed by atoms with Gasteiger partial charge in [0, 0.05) is 18.7 Å². The van der Waals surface area contributed by atoms with Crippen LogP contribution in [0.2, 0.25) is 0 Å². The largest absolute Gasteiger partial charge is 0.497 e. The molecule has 3 aromatic rings. The van der Waals surface area contributed by atoms with Gasteiger partial charge in [-0.2, -0.15) is 0 Å². The number of carbonyl (C=O) groups is 1. The Morgan fingerprint density at radius 2 is 2.14 bits per heavy atom. The fraction of sp³-hybridized carbons (Fsp3) is 0.318. The topological polar surface area (TPSA) is 68.5 Å². The highest BCUT2D eigenvalue weighted by atomic mass is 16.5. The van der Waals surface area contributed by atoms with E-state index >= 15 is 0 Å². The van der Waals surface area contributed by atoms with E-state index in [0.717, 1.165) is 35.6 Å². The van der Waals surface area contributed by atoms with Crippen molar-refractivity contribution in [1.29, 1.82) is 0 Å². The van der Waals surface area contributed by atoms with Gasteiger partial charge in [-0.15, -0.1) is 0 Å². The third-order valence-electron chi connectivity index (χ3n) is 4.99. The number of nitrogens with zero attached hydrogens (tertiary/aromatic N) is 3. The minimum absolute atomic E-state index is 0.0706. The summed E-state index contributed by atoms with van der Waals surface area (Å²) in [5, 5.41) is 0. The Kier molecular flexibility index (Phi) is 5.10. The minimum Gasteiger partial charge on any atom is -0.497 e. The van der Waals surface area contributed by atoms with Crippen molar-refractivity contribution in [3.05, 3.63) is 77.3 Å². The number of carbonyl (C=O) groups excluding carboxylic acids is 1. The standard InChI is InChI=1S/C22H23N3O3/c1-15-6-3-9-19(24-15)22(26)25-11-5-10-20(25)21-23-14-18(28-21)13-16-7-4-8-17(12-16)27-2/h3-4,6-9,12,14,20H,5,10-11,13H2,1-2H3/t20-/m1/s1. The Hall–Kier alpha value is -3.15. The molecule has 1 aliphatic rings. The van der Waals surface area contributed by atoms with Crippen LogP contribution in [0.5, 0.6) is 5.75 Å².